The third-order valence-corrected chi connectivity index (χ3v) is 4.76. The fourth-order valence-electron chi connectivity index (χ4n) is 3.09. The van der Waals surface area contributed by atoms with Crippen LogP contribution in [0.1, 0.15) is 30.0 Å². The number of nitrogens with one attached hydrogen (secondary N) is 1. The largest absolute Gasteiger partial charge is 0.486 e. The summed E-state index contributed by atoms with van der Waals surface area (Å²) in [4.78, 5) is 24.6. The molecule has 0 heterocycles. The standard InChI is InChI=1S/C20H21ClN2O3/c21-14-8-10-15(11-9-14)26-12-18(24)19(22)20(25)23-17-7-3-5-13-4-1-2-6-16(13)17/h1-2,4,6,8-11,17,19H,3,5,7,12,22H2,(H,23,25). The van der Waals surface area contributed by atoms with Crippen LogP contribution in [-0.4, -0.2) is 24.3 Å². The highest BCUT2D eigenvalue weighted by atomic mass is 35.5. The number of carbonyl (C=O) groups excluding carboxylic acids is 2. The number of ketones is 1. The monoisotopic (exact) mass is 372 g/mol. The summed E-state index contributed by atoms with van der Waals surface area (Å²) >= 11 is 5.80. The molecule has 26 heavy (non-hydrogen) atoms. The highest BCUT2D eigenvalue weighted by molar-refractivity contribution is 6.30. The van der Waals surface area contributed by atoms with Gasteiger partial charge in [-0.2, -0.15) is 0 Å². The van der Waals surface area contributed by atoms with E-state index in [-0.39, 0.29) is 12.6 Å². The van der Waals surface area contributed by atoms with Gasteiger partial charge in [-0.15, -0.1) is 0 Å². The zero-order valence-corrected chi connectivity index (χ0v) is 15.0. The number of ether oxygens (including phenoxy) is 1. The summed E-state index contributed by atoms with van der Waals surface area (Å²) in [6.07, 6.45) is 2.83. The second-order valence-corrected chi connectivity index (χ2v) is 6.78. The SMILES string of the molecule is NC(C(=O)COc1ccc(Cl)cc1)C(=O)NC1CCCc2ccccc21. The fourth-order valence-corrected chi connectivity index (χ4v) is 3.21. The maximum Gasteiger partial charge on any atom is 0.245 e. The lowest BCUT2D eigenvalue weighted by Crippen LogP contribution is -2.49. The summed E-state index contributed by atoms with van der Waals surface area (Å²) in [6.45, 7) is -0.266. The van der Waals surface area contributed by atoms with Crippen LogP contribution in [0.25, 0.3) is 0 Å². The number of Topliss-reactive ketones (excluding diaryl/α,β-unsaturated/α-hetero) is 1. The van der Waals surface area contributed by atoms with Crippen LogP contribution in [-0.2, 0) is 16.0 Å². The second kappa shape index (κ2) is 8.34. The third-order valence-electron chi connectivity index (χ3n) is 4.51. The fraction of sp³-hybridized carbons (Fsp3) is 0.300. The van der Waals surface area contributed by atoms with Crippen molar-refractivity contribution < 1.29 is 14.3 Å². The summed E-state index contributed by atoms with van der Waals surface area (Å²) in [7, 11) is 0. The molecule has 1 amide bonds. The molecule has 0 saturated carbocycles. The molecule has 0 aliphatic heterocycles. The molecule has 5 nitrogen and oxygen atoms in total. The van der Waals surface area contributed by atoms with Crippen LogP contribution in [0.2, 0.25) is 5.02 Å². The first-order valence-corrected chi connectivity index (χ1v) is 8.97. The molecule has 3 rings (SSSR count). The molecule has 0 spiro atoms. The van der Waals surface area contributed by atoms with Gasteiger partial charge in [0.2, 0.25) is 5.91 Å². The van der Waals surface area contributed by atoms with E-state index in [2.05, 4.69) is 11.4 Å². The zero-order valence-electron chi connectivity index (χ0n) is 14.3. The molecular formula is C20H21ClN2O3. The van der Waals surface area contributed by atoms with E-state index in [9.17, 15) is 9.59 Å². The first-order chi connectivity index (χ1) is 12.5. The lowest BCUT2D eigenvalue weighted by atomic mass is 9.87. The molecule has 0 aromatic heterocycles. The average Bonchev–Trinajstić information content (AvgIpc) is 2.67. The van der Waals surface area contributed by atoms with Gasteiger partial charge in [0.1, 0.15) is 18.4 Å². The van der Waals surface area contributed by atoms with Crippen LogP contribution >= 0.6 is 11.6 Å². The van der Waals surface area contributed by atoms with Crippen molar-refractivity contribution in [3.05, 3.63) is 64.7 Å². The molecule has 2 aromatic rings. The number of rotatable bonds is 6. The van der Waals surface area contributed by atoms with Crippen molar-refractivity contribution in [1.82, 2.24) is 5.32 Å². The van der Waals surface area contributed by atoms with Gasteiger partial charge in [-0.1, -0.05) is 35.9 Å². The van der Waals surface area contributed by atoms with E-state index in [1.54, 1.807) is 24.3 Å². The minimum atomic E-state index is -1.25. The van der Waals surface area contributed by atoms with Crippen LogP contribution < -0.4 is 15.8 Å². The number of hydrogen-bond donors (Lipinski definition) is 2. The molecule has 2 aromatic carbocycles. The van der Waals surface area contributed by atoms with Crippen molar-refractivity contribution in [3.8, 4) is 5.75 Å². The molecular weight excluding hydrogens is 352 g/mol. The van der Waals surface area contributed by atoms with Crippen LogP contribution in [0, 0.1) is 0 Å². The zero-order chi connectivity index (χ0) is 18.5. The predicted octanol–water partition coefficient (Wildman–Crippen LogP) is 2.81. The molecule has 6 heteroatoms. The minimum absolute atomic E-state index is 0.108. The van der Waals surface area contributed by atoms with Gasteiger partial charge in [0.25, 0.3) is 0 Å². The topological polar surface area (TPSA) is 81.4 Å². The van der Waals surface area contributed by atoms with Gasteiger partial charge in [0.15, 0.2) is 5.78 Å². The lowest BCUT2D eigenvalue weighted by molar-refractivity contribution is -0.131. The third kappa shape index (κ3) is 4.42. The van der Waals surface area contributed by atoms with Gasteiger partial charge < -0.3 is 15.8 Å². The average molecular weight is 373 g/mol. The van der Waals surface area contributed by atoms with Crippen LogP contribution in [0.4, 0.5) is 0 Å². The Balaban J connectivity index is 1.56. The van der Waals surface area contributed by atoms with Crippen molar-refractivity contribution in [2.75, 3.05) is 6.61 Å². The van der Waals surface area contributed by atoms with Gasteiger partial charge in [-0.3, -0.25) is 9.59 Å². The molecule has 1 aliphatic carbocycles. The van der Waals surface area contributed by atoms with Crippen molar-refractivity contribution in [1.29, 1.82) is 0 Å². The highest BCUT2D eigenvalue weighted by Gasteiger charge is 2.27. The van der Waals surface area contributed by atoms with Crippen molar-refractivity contribution >= 4 is 23.3 Å². The molecule has 2 unspecified atom stereocenters. The number of fused-ring (bicyclic) bond motifs is 1. The van der Waals surface area contributed by atoms with E-state index in [0.29, 0.717) is 10.8 Å². The Morgan fingerprint density at radius 3 is 2.69 bits per heavy atom. The molecule has 2 atom stereocenters. The van der Waals surface area contributed by atoms with Gasteiger partial charge in [0, 0.05) is 5.02 Å². The van der Waals surface area contributed by atoms with Crippen LogP contribution in [0.5, 0.6) is 5.75 Å². The van der Waals surface area contributed by atoms with Crippen molar-refractivity contribution in [2.24, 2.45) is 5.73 Å². The number of benzene rings is 2. The van der Waals surface area contributed by atoms with E-state index in [4.69, 9.17) is 22.1 Å². The van der Waals surface area contributed by atoms with E-state index >= 15 is 0 Å². The first kappa shape index (κ1) is 18.4. The molecule has 3 N–H and O–H groups in total. The maximum atomic E-state index is 12.4. The Kier molecular flexibility index (Phi) is 5.91. The van der Waals surface area contributed by atoms with Gasteiger partial charge in [0.05, 0.1) is 6.04 Å². The van der Waals surface area contributed by atoms with E-state index in [0.717, 1.165) is 24.8 Å². The van der Waals surface area contributed by atoms with Crippen molar-refractivity contribution in [3.63, 3.8) is 0 Å². The van der Waals surface area contributed by atoms with E-state index < -0.39 is 17.7 Å². The minimum Gasteiger partial charge on any atom is -0.486 e. The summed E-state index contributed by atoms with van der Waals surface area (Å²) in [5.41, 5.74) is 8.16. The summed E-state index contributed by atoms with van der Waals surface area (Å²) in [6, 6.07) is 13.3. The maximum absolute atomic E-state index is 12.4. The molecule has 136 valence electrons. The van der Waals surface area contributed by atoms with Gasteiger partial charge >= 0.3 is 0 Å². The van der Waals surface area contributed by atoms with Crippen LogP contribution in [0.15, 0.2) is 48.5 Å². The van der Waals surface area contributed by atoms with Crippen molar-refractivity contribution in [2.45, 2.75) is 31.3 Å². The number of carbonyl (C=O) groups is 2. The Morgan fingerprint density at radius 1 is 1.19 bits per heavy atom. The number of aryl methyl sites for hydroxylation is 1. The highest BCUT2D eigenvalue weighted by Crippen LogP contribution is 2.29. The second-order valence-electron chi connectivity index (χ2n) is 6.34. The number of nitrogens with two attached hydrogens (primary N) is 1. The summed E-state index contributed by atoms with van der Waals surface area (Å²) < 4.78 is 5.37. The molecule has 1 aliphatic rings. The molecule has 0 fully saturated rings. The molecule has 0 radical (unpaired) electrons. The lowest BCUT2D eigenvalue weighted by Gasteiger charge is -2.27. The summed E-state index contributed by atoms with van der Waals surface area (Å²) in [5.74, 6) is -0.450. The predicted molar refractivity (Wildman–Crippen MR) is 100 cm³/mol. The van der Waals surface area contributed by atoms with E-state index in [1.807, 2.05) is 18.2 Å². The Hall–Kier alpha value is -2.37. The molecule has 0 saturated heterocycles. The van der Waals surface area contributed by atoms with Gasteiger partial charge in [-0.25, -0.2) is 0 Å². The Labute approximate surface area is 157 Å². The number of amides is 1. The molecule has 0 bridgehead atoms. The first-order valence-electron chi connectivity index (χ1n) is 8.59. The van der Waals surface area contributed by atoms with Crippen LogP contribution in [0.3, 0.4) is 0 Å². The van der Waals surface area contributed by atoms with E-state index in [1.165, 1.54) is 5.56 Å². The number of halogens is 1. The Bertz CT molecular complexity index is 792. The quantitative estimate of drug-likeness (QED) is 0.764. The Morgan fingerprint density at radius 2 is 1.92 bits per heavy atom. The smallest absolute Gasteiger partial charge is 0.245 e. The summed E-state index contributed by atoms with van der Waals surface area (Å²) in [5, 5.41) is 3.48. The number of hydrogen-bond acceptors (Lipinski definition) is 4. The van der Waals surface area contributed by atoms with Gasteiger partial charge in [-0.05, 0) is 54.7 Å². The normalized spacial score (nSPS) is 17.1.